The number of amides is 2. The van der Waals surface area contributed by atoms with Crippen LogP contribution in [0, 0.1) is 0 Å². The number of nitrogens with zero attached hydrogens (tertiary/aromatic N) is 1. The molecule has 0 aliphatic carbocycles. The Morgan fingerprint density at radius 2 is 1.76 bits per heavy atom. The van der Waals surface area contributed by atoms with Gasteiger partial charge in [0.1, 0.15) is 6.04 Å². The van der Waals surface area contributed by atoms with Crippen LogP contribution >= 0.6 is 0 Å². The largest absolute Gasteiger partial charge is 0.478 e. The summed E-state index contributed by atoms with van der Waals surface area (Å²) < 4.78 is 0. The second-order valence-corrected chi connectivity index (χ2v) is 5.90. The number of rotatable bonds is 6. The maximum Gasteiger partial charge on any atom is 0.335 e. The molecule has 0 radical (unpaired) electrons. The summed E-state index contributed by atoms with van der Waals surface area (Å²) in [7, 11) is 0. The van der Waals surface area contributed by atoms with Gasteiger partial charge in [-0.1, -0.05) is 30.3 Å². The van der Waals surface area contributed by atoms with E-state index in [0.29, 0.717) is 18.7 Å². The molecule has 128 valence electrons. The van der Waals surface area contributed by atoms with E-state index in [0.717, 1.165) is 5.56 Å². The van der Waals surface area contributed by atoms with E-state index in [9.17, 15) is 14.4 Å². The maximum atomic E-state index is 12.5. The molecule has 3 rings (SSSR count). The number of nitrogens with one attached hydrogen (secondary N) is 1. The van der Waals surface area contributed by atoms with E-state index >= 15 is 0 Å². The first-order valence-electron chi connectivity index (χ1n) is 8.02. The van der Waals surface area contributed by atoms with Gasteiger partial charge in [0.2, 0.25) is 5.91 Å². The highest BCUT2D eigenvalue weighted by Crippen LogP contribution is 2.19. The fourth-order valence-electron chi connectivity index (χ4n) is 2.83. The third kappa shape index (κ3) is 3.85. The highest BCUT2D eigenvalue weighted by Gasteiger charge is 2.38. The predicted octanol–water partition coefficient (Wildman–Crippen LogP) is 2.17. The van der Waals surface area contributed by atoms with Crippen LogP contribution in [0.3, 0.4) is 0 Å². The molecule has 0 spiro atoms. The van der Waals surface area contributed by atoms with Crippen LogP contribution < -0.4 is 5.32 Å². The molecule has 2 amide bonds. The van der Waals surface area contributed by atoms with Crippen LogP contribution in [0.1, 0.15) is 22.3 Å². The Hall–Kier alpha value is -3.15. The lowest BCUT2D eigenvalue weighted by atomic mass is 10.1. The SMILES string of the molecule is O=C(O)c1ccc(N[C@H]2CC(=O)N(CCc3ccccc3)C2=O)cc1. The first kappa shape index (κ1) is 16.7. The molecule has 0 aromatic heterocycles. The van der Waals surface area contributed by atoms with Crippen LogP contribution in [0.2, 0.25) is 0 Å². The van der Waals surface area contributed by atoms with E-state index < -0.39 is 12.0 Å². The number of hydrogen-bond acceptors (Lipinski definition) is 4. The Balaban J connectivity index is 1.61. The number of carbonyl (C=O) groups excluding carboxylic acids is 2. The quantitative estimate of drug-likeness (QED) is 0.788. The van der Waals surface area contributed by atoms with Crippen molar-refractivity contribution in [1.29, 1.82) is 0 Å². The van der Waals surface area contributed by atoms with E-state index in [1.54, 1.807) is 12.1 Å². The average molecular weight is 338 g/mol. The summed E-state index contributed by atoms with van der Waals surface area (Å²) in [6.07, 6.45) is 0.729. The summed E-state index contributed by atoms with van der Waals surface area (Å²) in [6.45, 7) is 0.359. The topological polar surface area (TPSA) is 86.7 Å². The molecular weight excluding hydrogens is 320 g/mol. The van der Waals surface area contributed by atoms with Crippen molar-refractivity contribution >= 4 is 23.5 Å². The highest BCUT2D eigenvalue weighted by atomic mass is 16.4. The summed E-state index contributed by atoms with van der Waals surface area (Å²) in [4.78, 5) is 36.7. The van der Waals surface area contributed by atoms with E-state index in [1.165, 1.54) is 17.0 Å². The zero-order valence-electron chi connectivity index (χ0n) is 13.5. The Kier molecular flexibility index (Phi) is 4.79. The lowest BCUT2D eigenvalue weighted by molar-refractivity contribution is -0.138. The third-order valence-electron chi connectivity index (χ3n) is 4.18. The number of hydrogen-bond donors (Lipinski definition) is 2. The monoisotopic (exact) mass is 338 g/mol. The number of carbonyl (C=O) groups is 3. The molecule has 6 nitrogen and oxygen atoms in total. The van der Waals surface area contributed by atoms with Gasteiger partial charge in [-0.3, -0.25) is 14.5 Å². The molecule has 2 aromatic rings. The van der Waals surface area contributed by atoms with Gasteiger partial charge < -0.3 is 10.4 Å². The van der Waals surface area contributed by atoms with Crippen molar-refractivity contribution < 1.29 is 19.5 Å². The van der Waals surface area contributed by atoms with Gasteiger partial charge in [-0.2, -0.15) is 0 Å². The van der Waals surface area contributed by atoms with Crippen LogP contribution in [0.15, 0.2) is 54.6 Å². The Morgan fingerprint density at radius 1 is 1.08 bits per heavy atom. The van der Waals surface area contributed by atoms with Crippen molar-refractivity contribution in [3.8, 4) is 0 Å². The van der Waals surface area contributed by atoms with Gasteiger partial charge in [0.25, 0.3) is 5.91 Å². The Bertz CT molecular complexity index is 787. The minimum Gasteiger partial charge on any atom is -0.478 e. The maximum absolute atomic E-state index is 12.5. The van der Waals surface area contributed by atoms with Crippen LogP contribution in [-0.4, -0.2) is 40.4 Å². The number of imide groups is 1. The minimum absolute atomic E-state index is 0.105. The van der Waals surface area contributed by atoms with Crippen LogP contribution in [0.5, 0.6) is 0 Å². The standard InChI is InChI=1S/C19H18N2O4/c22-17-12-16(20-15-8-6-14(7-9-15)19(24)25)18(23)21(17)11-10-13-4-2-1-3-5-13/h1-9,16,20H,10-12H2,(H,24,25)/t16-/m0/s1. The van der Waals surface area contributed by atoms with Crippen molar-refractivity contribution in [2.24, 2.45) is 0 Å². The van der Waals surface area contributed by atoms with Crippen LogP contribution in [0.4, 0.5) is 5.69 Å². The zero-order chi connectivity index (χ0) is 17.8. The molecule has 1 saturated heterocycles. The van der Waals surface area contributed by atoms with Crippen molar-refractivity contribution in [2.45, 2.75) is 18.9 Å². The van der Waals surface area contributed by atoms with E-state index in [-0.39, 0.29) is 23.8 Å². The zero-order valence-corrected chi connectivity index (χ0v) is 13.5. The number of carboxylic acids is 1. The van der Waals surface area contributed by atoms with Crippen molar-refractivity contribution in [3.05, 3.63) is 65.7 Å². The minimum atomic E-state index is -1.01. The van der Waals surface area contributed by atoms with Gasteiger partial charge in [0.05, 0.1) is 12.0 Å². The van der Waals surface area contributed by atoms with Crippen molar-refractivity contribution in [1.82, 2.24) is 4.90 Å². The molecule has 1 aliphatic rings. The third-order valence-corrected chi connectivity index (χ3v) is 4.18. The second kappa shape index (κ2) is 7.17. The molecule has 2 aromatic carbocycles. The summed E-state index contributed by atoms with van der Waals surface area (Å²) >= 11 is 0. The van der Waals surface area contributed by atoms with E-state index in [2.05, 4.69) is 5.32 Å². The fourth-order valence-corrected chi connectivity index (χ4v) is 2.83. The summed E-state index contributed by atoms with van der Waals surface area (Å²) in [5.74, 6) is -1.45. The normalized spacial score (nSPS) is 17.0. The fraction of sp³-hybridized carbons (Fsp3) is 0.211. The molecule has 1 fully saturated rings. The number of benzene rings is 2. The highest BCUT2D eigenvalue weighted by molar-refractivity contribution is 6.06. The van der Waals surface area contributed by atoms with Gasteiger partial charge >= 0.3 is 5.97 Å². The predicted molar refractivity (Wildman–Crippen MR) is 92.3 cm³/mol. The summed E-state index contributed by atoms with van der Waals surface area (Å²) in [6, 6.07) is 15.2. The lowest BCUT2D eigenvalue weighted by Gasteiger charge is -2.16. The molecule has 25 heavy (non-hydrogen) atoms. The number of aromatic carboxylic acids is 1. The van der Waals surface area contributed by atoms with Gasteiger partial charge in [0, 0.05) is 12.2 Å². The Labute approximate surface area is 145 Å². The van der Waals surface area contributed by atoms with Gasteiger partial charge in [-0.15, -0.1) is 0 Å². The first-order chi connectivity index (χ1) is 12.0. The average Bonchev–Trinajstić information content (AvgIpc) is 2.88. The molecule has 1 heterocycles. The number of anilines is 1. The molecule has 2 N–H and O–H groups in total. The molecule has 1 aliphatic heterocycles. The van der Waals surface area contributed by atoms with E-state index in [1.807, 2.05) is 30.3 Å². The molecule has 6 heteroatoms. The molecule has 0 unspecified atom stereocenters. The number of carboxylic acid groups (broad SMARTS) is 1. The van der Waals surface area contributed by atoms with Crippen LogP contribution in [0.25, 0.3) is 0 Å². The first-order valence-corrected chi connectivity index (χ1v) is 8.02. The van der Waals surface area contributed by atoms with Crippen molar-refractivity contribution in [2.75, 3.05) is 11.9 Å². The molecule has 0 bridgehead atoms. The molecule has 0 saturated carbocycles. The van der Waals surface area contributed by atoms with Gasteiger partial charge in [-0.05, 0) is 36.2 Å². The second-order valence-electron chi connectivity index (χ2n) is 5.90. The lowest BCUT2D eigenvalue weighted by Crippen LogP contribution is -2.36. The van der Waals surface area contributed by atoms with Gasteiger partial charge in [0.15, 0.2) is 0 Å². The van der Waals surface area contributed by atoms with Crippen LogP contribution in [-0.2, 0) is 16.0 Å². The smallest absolute Gasteiger partial charge is 0.335 e. The summed E-state index contributed by atoms with van der Waals surface area (Å²) in [5, 5.41) is 11.9. The van der Waals surface area contributed by atoms with E-state index in [4.69, 9.17) is 5.11 Å². The Morgan fingerprint density at radius 3 is 2.40 bits per heavy atom. The molecule has 1 atom stereocenters. The van der Waals surface area contributed by atoms with Gasteiger partial charge in [-0.25, -0.2) is 4.79 Å². The molecular formula is C19H18N2O4. The van der Waals surface area contributed by atoms with Crippen molar-refractivity contribution in [3.63, 3.8) is 0 Å². The number of likely N-dealkylation sites (tertiary alicyclic amines) is 1. The summed E-state index contributed by atoms with van der Waals surface area (Å²) in [5.41, 5.74) is 1.86.